The number of hydrogen-bond acceptors (Lipinski definition) is 2. The summed E-state index contributed by atoms with van der Waals surface area (Å²) < 4.78 is 7.01. The second-order valence-corrected chi connectivity index (χ2v) is 6.13. The zero-order valence-corrected chi connectivity index (χ0v) is 18.3. The predicted octanol–water partition coefficient (Wildman–Crippen LogP) is 3.96. The quantitative estimate of drug-likeness (QED) is 0.361. The standard InChI is InChI=1S/C17H22Cl2N4O.HI/c1-20-17(22-10-14-8-15(18)16(19)23(14)2)21-9-12-5-4-6-13(7-12)11-24-3;/h4-8H,9-11H2,1-3H3,(H2,20,21,22);1H. The lowest BCUT2D eigenvalue weighted by atomic mass is 10.1. The summed E-state index contributed by atoms with van der Waals surface area (Å²) in [4.78, 5) is 4.23. The summed E-state index contributed by atoms with van der Waals surface area (Å²) in [5, 5.41) is 7.63. The van der Waals surface area contributed by atoms with Crippen LogP contribution in [0.4, 0.5) is 0 Å². The number of aromatic nitrogens is 1. The van der Waals surface area contributed by atoms with E-state index in [1.54, 1.807) is 14.2 Å². The highest BCUT2D eigenvalue weighted by molar-refractivity contribution is 14.0. The first-order valence-electron chi connectivity index (χ1n) is 7.56. The molecule has 2 aromatic rings. The third-order valence-corrected chi connectivity index (χ3v) is 4.48. The van der Waals surface area contributed by atoms with E-state index in [0.29, 0.717) is 35.8 Å². The maximum Gasteiger partial charge on any atom is 0.191 e. The Labute approximate surface area is 175 Å². The van der Waals surface area contributed by atoms with E-state index in [9.17, 15) is 0 Å². The highest BCUT2D eigenvalue weighted by Crippen LogP contribution is 2.24. The normalized spacial score (nSPS) is 11.2. The van der Waals surface area contributed by atoms with Gasteiger partial charge in [0.05, 0.1) is 18.2 Å². The second kappa shape index (κ2) is 10.9. The van der Waals surface area contributed by atoms with Crippen molar-refractivity contribution in [2.75, 3.05) is 14.2 Å². The molecule has 0 aliphatic heterocycles. The maximum atomic E-state index is 6.08. The first-order chi connectivity index (χ1) is 11.5. The molecule has 0 aliphatic rings. The number of hydrogen-bond donors (Lipinski definition) is 2. The molecule has 0 spiro atoms. The van der Waals surface area contributed by atoms with Gasteiger partial charge in [-0.05, 0) is 17.2 Å². The van der Waals surface area contributed by atoms with E-state index in [0.717, 1.165) is 16.8 Å². The minimum atomic E-state index is 0. The number of nitrogens with one attached hydrogen (secondary N) is 2. The van der Waals surface area contributed by atoms with Gasteiger partial charge in [-0.2, -0.15) is 0 Å². The molecule has 5 nitrogen and oxygen atoms in total. The van der Waals surface area contributed by atoms with Crippen molar-refractivity contribution in [1.82, 2.24) is 15.2 Å². The van der Waals surface area contributed by atoms with E-state index >= 15 is 0 Å². The van der Waals surface area contributed by atoms with E-state index in [1.165, 1.54) is 0 Å². The molecule has 1 heterocycles. The van der Waals surface area contributed by atoms with E-state index in [-0.39, 0.29) is 24.0 Å². The summed E-state index contributed by atoms with van der Waals surface area (Å²) in [5.74, 6) is 0.709. The highest BCUT2D eigenvalue weighted by atomic mass is 127. The van der Waals surface area contributed by atoms with Crippen LogP contribution in [0.2, 0.25) is 10.2 Å². The molecule has 138 valence electrons. The molecule has 2 N–H and O–H groups in total. The summed E-state index contributed by atoms with van der Waals surface area (Å²) >= 11 is 12.1. The largest absolute Gasteiger partial charge is 0.380 e. The second-order valence-electron chi connectivity index (χ2n) is 5.37. The molecule has 0 atom stereocenters. The van der Waals surface area contributed by atoms with Crippen LogP contribution in [-0.4, -0.2) is 24.7 Å². The Bertz CT molecular complexity index is 719. The van der Waals surface area contributed by atoms with Crippen LogP contribution in [0.15, 0.2) is 35.3 Å². The van der Waals surface area contributed by atoms with Gasteiger partial charge in [-0.1, -0.05) is 47.5 Å². The van der Waals surface area contributed by atoms with Crippen molar-refractivity contribution in [3.8, 4) is 0 Å². The Kier molecular flexibility index (Phi) is 9.63. The molecule has 0 saturated carbocycles. The van der Waals surface area contributed by atoms with E-state index in [2.05, 4.69) is 27.8 Å². The molecule has 2 rings (SSSR count). The van der Waals surface area contributed by atoms with Gasteiger partial charge in [0.2, 0.25) is 0 Å². The van der Waals surface area contributed by atoms with Crippen LogP contribution in [0.5, 0.6) is 0 Å². The number of ether oxygens (including phenoxy) is 1. The fourth-order valence-corrected chi connectivity index (χ4v) is 2.75. The Morgan fingerprint density at radius 2 is 1.84 bits per heavy atom. The number of aliphatic imine (C=N–C) groups is 1. The average Bonchev–Trinajstić information content (AvgIpc) is 2.83. The van der Waals surface area contributed by atoms with Crippen molar-refractivity contribution in [3.63, 3.8) is 0 Å². The number of benzene rings is 1. The predicted molar refractivity (Wildman–Crippen MR) is 115 cm³/mol. The smallest absolute Gasteiger partial charge is 0.191 e. The molecule has 0 aliphatic carbocycles. The van der Waals surface area contributed by atoms with E-state index < -0.39 is 0 Å². The lowest BCUT2D eigenvalue weighted by Crippen LogP contribution is -2.36. The minimum Gasteiger partial charge on any atom is -0.380 e. The molecule has 0 radical (unpaired) electrons. The van der Waals surface area contributed by atoms with Crippen LogP contribution in [0.1, 0.15) is 16.8 Å². The minimum absolute atomic E-state index is 0. The molecule has 0 amide bonds. The monoisotopic (exact) mass is 496 g/mol. The van der Waals surface area contributed by atoms with Crippen LogP contribution < -0.4 is 10.6 Å². The van der Waals surface area contributed by atoms with Gasteiger partial charge in [0.25, 0.3) is 0 Å². The Morgan fingerprint density at radius 3 is 2.44 bits per heavy atom. The SMILES string of the molecule is CN=C(NCc1cccc(COC)c1)NCc1cc(Cl)c(Cl)n1C.I. The van der Waals surface area contributed by atoms with Crippen molar-refractivity contribution < 1.29 is 4.74 Å². The molecule has 0 fully saturated rings. The van der Waals surface area contributed by atoms with Gasteiger partial charge in [0, 0.05) is 33.4 Å². The van der Waals surface area contributed by atoms with Crippen LogP contribution in [0.25, 0.3) is 0 Å². The summed E-state index contributed by atoms with van der Waals surface area (Å²) in [7, 11) is 5.31. The summed E-state index contributed by atoms with van der Waals surface area (Å²) in [6, 6.07) is 10.1. The lowest BCUT2D eigenvalue weighted by Gasteiger charge is -2.13. The van der Waals surface area contributed by atoms with Crippen molar-refractivity contribution in [3.05, 3.63) is 57.3 Å². The number of methoxy groups -OCH3 is 1. The molecule has 0 saturated heterocycles. The summed E-state index contributed by atoms with van der Waals surface area (Å²) in [6.07, 6.45) is 0. The number of nitrogens with zero attached hydrogens (tertiary/aromatic N) is 2. The summed E-state index contributed by atoms with van der Waals surface area (Å²) in [5.41, 5.74) is 3.29. The Morgan fingerprint density at radius 1 is 1.16 bits per heavy atom. The van der Waals surface area contributed by atoms with Crippen molar-refractivity contribution in [2.24, 2.45) is 12.0 Å². The van der Waals surface area contributed by atoms with Crippen molar-refractivity contribution in [2.45, 2.75) is 19.7 Å². The molecule has 1 aromatic carbocycles. The van der Waals surface area contributed by atoms with Gasteiger partial charge in [-0.15, -0.1) is 24.0 Å². The van der Waals surface area contributed by atoms with Gasteiger partial charge in [0.1, 0.15) is 5.15 Å². The molecule has 0 bridgehead atoms. The fourth-order valence-electron chi connectivity index (χ4n) is 2.34. The van der Waals surface area contributed by atoms with Gasteiger partial charge in [-0.25, -0.2) is 0 Å². The Balaban J connectivity index is 0.00000312. The maximum absolute atomic E-state index is 6.08. The topological polar surface area (TPSA) is 50.6 Å². The average molecular weight is 497 g/mol. The number of guanidine groups is 1. The van der Waals surface area contributed by atoms with E-state index in [4.69, 9.17) is 27.9 Å². The number of rotatable bonds is 6. The first-order valence-corrected chi connectivity index (χ1v) is 8.31. The molecule has 25 heavy (non-hydrogen) atoms. The molecule has 1 aromatic heterocycles. The number of halogens is 3. The third-order valence-electron chi connectivity index (χ3n) is 3.64. The van der Waals surface area contributed by atoms with Crippen LogP contribution in [-0.2, 0) is 31.5 Å². The van der Waals surface area contributed by atoms with Gasteiger partial charge >= 0.3 is 0 Å². The van der Waals surface area contributed by atoms with Gasteiger partial charge < -0.3 is 19.9 Å². The molecular formula is C17H23Cl2IN4O. The van der Waals surface area contributed by atoms with Crippen molar-refractivity contribution >= 4 is 53.1 Å². The highest BCUT2D eigenvalue weighted by Gasteiger charge is 2.09. The van der Waals surface area contributed by atoms with Crippen molar-refractivity contribution in [1.29, 1.82) is 0 Å². The lowest BCUT2D eigenvalue weighted by molar-refractivity contribution is 0.185. The van der Waals surface area contributed by atoms with Gasteiger partial charge in [0.15, 0.2) is 5.96 Å². The third kappa shape index (κ3) is 6.36. The van der Waals surface area contributed by atoms with Crippen LogP contribution in [0.3, 0.4) is 0 Å². The Hall–Kier alpha value is -0.960. The summed E-state index contributed by atoms with van der Waals surface area (Å²) in [6.45, 7) is 1.86. The van der Waals surface area contributed by atoms with Gasteiger partial charge in [-0.3, -0.25) is 4.99 Å². The zero-order chi connectivity index (χ0) is 17.5. The van der Waals surface area contributed by atoms with Crippen LogP contribution in [0, 0.1) is 0 Å². The molecule has 0 unspecified atom stereocenters. The fraction of sp³-hybridized carbons (Fsp3) is 0.353. The van der Waals surface area contributed by atoms with Crippen LogP contribution >= 0.6 is 47.2 Å². The zero-order valence-electron chi connectivity index (χ0n) is 14.5. The van der Waals surface area contributed by atoms with E-state index in [1.807, 2.05) is 29.8 Å². The molecular weight excluding hydrogens is 474 g/mol. The first kappa shape index (κ1) is 22.1. The molecule has 8 heteroatoms.